The summed E-state index contributed by atoms with van der Waals surface area (Å²) >= 11 is 0. The van der Waals surface area contributed by atoms with E-state index in [9.17, 15) is 5.11 Å². The van der Waals surface area contributed by atoms with Gasteiger partial charge in [-0.05, 0) is 37.6 Å². The van der Waals surface area contributed by atoms with Gasteiger partial charge in [0.1, 0.15) is 0 Å². The van der Waals surface area contributed by atoms with Gasteiger partial charge in [0.2, 0.25) is 0 Å². The van der Waals surface area contributed by atoms with Gasteiger partial charge in [-0.25, -0.2) is 0 Å². The Morgan fingerprint density at radius 3 is 2.18 bits per heavy atom. The molecule has 2 heteroatoms. The molecule has 0 radical (unpaired) electrons. The number of nitrogens with two attached hydrogens (primary N) is 1. The van der Waals surface area contributed by atoms with E-state index < -0.39 is 5.60 Å². The molecule has 0 aromatic heterocycles. The Hall–Kier alpha value is -0.0800. The highest BCUT2D eigenvalue weighted by Crippen LogP contribution is 2.41. The van der Waals surface area contributed by atoms with E-state index in [1.165, 1.54) is 0 Å². The largest absolute Gasteiger partial charge is 0.389 e. The number of hydrogen-bond acceptors (Lipinski definition) is 2. The fourth-order valence-corrected chi connectivity index (χ4v) is 2.21. The SMILES string of the molecule is CC1CCC(C)C1(O)CCN. The molecular weight excluding hydrogens is 138 g/mol. The maximum Gasteiger partial charge on any atom is 0.0710 e. The summed E-state index contributed by atoms with van der Waals surface area (Å²) in [7, 11) is 0. The molecule has 1 aliphatic rings. The van der Waals surface area contributed by atoms with E-state index in [0.29, 0.717) is 18.4 Å². The second kappa shape index (κ2) is 3.11. The van der Waals surface area contributed by atoms with E-state index in [0.717, 1.165) is 19.3 Å². The first kappa shape index (κ1) is 9.01. The van der Waals surface area contributed by atoms with E-state index in [1.807, 2.05) is 0 Å². The Kier molecular flexibility index (Phi) is 2.55. The topological polar surface area (TPSA) is 46.2 Å². The van der Waals surface area contributed by atoms with Gasteiger partial charge in [-0.3, -0.25) is 0 Å². The zero-order valence-corrected chi connectivity index (χ0v) is 7.51. The van der Waals surface area contributed by atoms with E-state index in [4.69, 9.17) is 5.73 Å². The maximum absolute atomic E-state index is 10.1. The van der Waals surface area contributed by atoms with E-state index in [1.54, 1.807) is 0 Å². The molecule has 1 saturated carbocycles. The zero-order valence-electron chi connectivity index (χ0n) is 7.51. The van der Waals surface area contributed by atoms with Gasteiger partial charge < -0.3 is 10.8 Å². The van der Waals surface area contributed by atoms with Crippen LogP contribution in [0.25, 0.3) is 0 Å². The van der Waals surface area contributed by atoms with Crippen LogP contribution in [0.2, 0.25) is 0 Å². The first-order valence-electron chi connectivity index (χ1n) is 4.53. The van der Waals surface area contributed by atoms with Crippen LogP contribution in [0, 0.1) is 11.8 Å². The average Bonchev–Trinajstić information content (AvgIpc) is 2.19. The minimum Gasteiger partial charge on any atom is -0.389 e. The summed E-state index contributed by atoms with van der Waals surface area (Å²) in [5.74, 6) is 0.863. The predicted molar refractivity (Wildman–Crippen MR) is 46.2 cm³/mol. The molecule has 0 spiro atoms. The van der Waals surface area contributed by atoms with Crippen LogP contribution >= 0.6 is 0 Å². The van der Waals surface area contributed by atoms with Gasteiger partial charge in [0.15, 0.2) is 0 Å². The number of rotatable bonds is 2. The Labute approximate surface area is 68.8 Å². The summed E-state index contributed by atoms with van der Waals surface area (Å²) in [5, 5.41) is 10.1. The smallest absolute Gasteiger partial charge is 0.0710 e. The number of aliphatic hydroxyl groups is 1. The van der Waals surface area contributed by atoms with Crippen molar-refractivity contribution in [3.8, 4) is 0 Å². The molecule has 0 bridgehead atoms. The Balaban J connectivity index is 2.63. The van der Waals surface area contributed by atoms with Crippen LogP contribution in [0.15, 0.2) is 0 Å². The van der Waals surface area contributed by atoms with E-state index in [-0.39, 0.29) is 0 Å². The van der Waals surface area contributed by atoms with Gasteiger partial charge in [0.05, 0.1) is 5.60 Å². The van der Waals surface area contributed by atoms with Crippen LogP contribution in [0.4, 0.5) is 0 Å². The third-order valence-corrected chi connectivity index (χ3v) is 3.28. The van der Waals surface area contributed by atoms with Gasteiger partial charge in [0, 0.05) is 0 Å². The molecule has 1 rings (SSSR count). The third kappa shape index (κ3) is 1.42. The second-order valence-corrected chi connectivity index (χ2v) is 3.91. The van der Waals surface area contributed by atoms with Crippen molar-refractivity contribution in [1.82, 2.24) is 0 Å². The molecule has 0 heterocycles. The van der Waals surface area contributed by atoms with Crippen LogP contribution in [-0.2, 0) is 0 Å². The molecule has 0 amide bonds. The van der Waals surface area contributed by atoms with Crippen molar-refractivity contribution in [1.29, 1.82) is 0 Å². The summed E-state index contributed by atoms with van der Waals surface area (Å²) in [5.41, 5.74) is 4.99. The standard InChI is InChI=1S/C9H19NO/c1-7-3-4-8(2)9(7,11)5-6-10/h7-8,11H,3-6,10H2,1-2H3. The minimum absolute atomic E-state index is 0.432. The minimum atomic E-state index is -0.464. The van der Waals surface area contributed by atoms with Crippen molar-refractivity contribution in [2.75, 3.05) is 6.54 Å². The fraction of sp³-hybridized carbons (Fsp3) is 1.00. The summed E-state index contributed by atoms with van der Waals surface area (Å²) in [6.45, 7) is 4.85. The van der Waals surface area contributed by atoms with Crippen molar-refractivity contribution in [3.63, 3.8) is 0 Å². The lowest BCUT2D eigenvalue weighted by atomic mass is 9.83. The second-order valence-electron chi connectivity index (χ2n) is 3.91. The molecule has 3 N–H and O–H groups in total. The maximum atomic E-state index is 10.1. The van der Waals surface area contributed by atoms with Crippen molar-refractivity contribution in [3.05, 3.63) is 0 Å². The molecule has 1 fully saturated rings. The van der Waals surface area contributed by atoms with Gasteiger partial charge in [0.25, 0.3) is 0 Å². The Morgan fingerprint density at radius 1 is 1.36 bits per heavy atom. The Bertz CT molecular complexity index is 126. The molecule has 2 unspecified atom stereocenters. The lowest BCUT2D eigenvalue weighted by Crippen LogP contribution is -2.39. The molecule has 0 saturated heterocycles. The molecule has 0 aliphatic heterocycles. The van der Waals surface area contributed by atoms with Gasteiger partial charge in [-0.2, -0.15) is 0 Å². The molecule has 1 aliphatic carbocycles. The molecule has 11 heavy (non-hydrogen) atoms. The van der Waals surface area contributed by atoms with Gasteiger partial charge in [-0.15, -0.1) is 0 Å². The van der Waals surface area contributed by atoms with E-state index in [2.05, 4.69) is 13.8 Å². The summed E-state index contributed by atoms with van der Waals surface area (Å²) < 4.78 is 0. The van der Waals surface area contributed by atoms with Gasteiger partial charge >= 0.3 is 0 Å². The quantitative estimate of drug-likeness (QED) is 0.631. The zero-order chi connectivity index (χ0) is 8.48. The van der Waals surface area contributed by atoms with Crippen molar-refractivity contribution in [2.45, 2.75) is 38.7 Å². The summed E-state index contributed by atoms with van der Waals surface area (Å²) in [6, 6.07) is 0. The monoisotopic (exact) mass is 157 g/mol. The first-order chi connectivity index (χ1) is 5.11. The highest BCUT2D eigenvalue weighted by Gasteiger charge is 2.43. The van der Waals surface area contributed by atoms with Crippen LogP contribution in [0.1, 0.15) is 33.1 Å². The van der Waals surface area contributed by atoms with Crippen LogP contribution < -0.4 is 5.73 Å². The molecule has 2 atom stereocenters. The highest BCUT2D eigenvalue weighted by molar-refractivity contribution is 4.94. The average molecular weight is 157 g/mol. The number of hydrogen-bond donors (Lipinski definition) is 2. The molecule has 66 valence electrons. The lowest BCUT2D eigenvalue weighted by Gasteiger charge is -2.31. The normalized spacial score (nSPS) is 44.7. The van der Waals surface area contributed by atoms with Crippen LogP contribution in [0.3, 0.4) is 0 Å². The van der Waals surface area contributed by atoms with E-state index >= 15 is 0 Å². The molecule has 2 nitrogen and oxygen atoms in total. The molecule has 0 aromatic rings. The van der Waals surface area contributed by atoms with Crippen molar-refractivity contribution < 1.29 is 5.11 Å². The van der Waals surface area contributed by atoms with Crippen LogP contribution in [0.5, 0.6) is 0 Å². The first-order valence-corrected chi connectivity index (χ1v) is 4.53. The molecular formula is C9H19NO. The predicted octanol–water partition coefficient (Wildman–Crippen LogP) is 1.13. The van der Waals surface area contributed by atoms with Gasteiger partial charge in [-0.1, -0.05) is 13.8 Å². The van der Waals surface area contributed by atoms with Crippen LogP contribution in [-0.4, -0.2) is 17.3 Å². The highest BCUT2D eigenvalue weighted by atomic mass is 16.3. The summed E-state index contributed by atoms with van der Waals surface area (Å²) in [4.78, 5) is 0. The Morgan fingerprint density at radius 2 is 1.82 bits per heavy atom. The fourth-order valence-electron chi connectivity index (χ4n) is 2.21. The van der Waals surface area contributed by atoms with Crippen molar-refractivity contribution in [2.24, 2.45) is 17.6 Å². The van der Waals surface area contributed by atoms with Crippen molar-refractivity contribution >= 4 is 0 Å². The lowest BCUT2D eigenvalue weighted by molar-refractivity contribution is -0.0304. The summed E-state index contributed by atoms with van der Waals surface area (Å²) in [6.07, 6.45) is 3.06. The molecule has 0 aromatic carbocycles. The third-order valence-electron chi connectivity index (χ3n) is 3.28.